The molecule has 1 aliphatic rings. The van der Waals surface area contributed by atoms with E-state index >= 15 is 0 Å². The molecule has 1 aliphatic heterocycles. The van der Waals surface area contributed by atoms with Crippen molar-refractivity contribution in [3.05, 3.63) is 0 Å². The van der Waals surface area contributed by atoms with Gasteiger partial charge in [0.25, 0.3) is 0 Å². The molecule has 0 aromatic heterocycles. The highest BCUT2D eigenvalue weighted by Crippen LogP contribution is 2.06. The summed E-state index contributed by atoms with van der Waals surface area (Å²) in [4.78, 5) is 16.2. The minimum absolute atomic E-state index is 0.250. The predicted octanol–water partition coefficient (Wildman–Crippen LogP) is 1.17. The molecule has 1 N–H and O–H groups in total. The van der Waals surface area contributed by atoms with Crippen molar-refractivity contribution in [2.45, 2.75) is 39.7 Å². The fourth-order valence-electron chi connectivity index (χ4n) is 2.11. The molecule has 0 aromatic rings. The lowest BCUT2D eigenvalue weighted by Gasteiger charge is -2.32. The van der Waals surface area contributed by atoms with Gasteiger partial charge in [0.05, 0.1) is 6.54 Å². The average Bonchev–Trinajstić information content (AvgIpc) is 2.34. The van der Waals surface area contributed by atoms with Crippen molar-refractivity contribution >= 4 is 5.91 Å². The van der Waals surface area contributed by atoms with Crippen molar-refractivity contribution in [1.82, 2.24) is 15.1 Å². The van der Waals surface area contributed by atoms with Gasteiger partial charge in [-0.05, 0) is 32.7 Å². The number of amides is 1. The van der Waals surface area contributed by atoms with Gasteiger partial charge in [-0.1, -0.05) is 13.8 Å². The number of hydrogen-bond donors (Lipinski definition) is 1. The van der Waals surface area contributed by atoms with E-state index < -0.39 is 0 Å². The van der Waals surface area contributed by atoms with E-state index in [2.05, 4.69) is 38.0 Å². The molecule has 1 fully saturated rings. The normalized spacial score (nSPS) is 19.3. The maximum Gasteiger partial charge on any atom is 0.236 e. The molecule has 0 radical (unpaired) electrons. The summed E-state index contributed by atoms with van der Waals surface area (Å²) in [6, 6.07) is 0.434. The molecule has 1 rings (SSSR count). The maximum absolute atomic E-state index is 12.0. The number of carbonyl (C=O) groups is 1. The van der Waals surface area contributed by atoms with Crippen LogP contribution >= 0.6 is 0 Å². The Morgan fingerprint density at radius 1 is 1.11 bits per heavy atom. The average molecular weight is 255 g/mol. The van der Waals surface area contributed by atoms with Gasteiger partial charge in [-0.2, -0.15) is 0 Å². The SMILES string of the molecule is CC(C)CCC(C)NCC(=O)N1CCN(C)CC1. The Balaban J connectivity index is 2.16. The van der Waals surface area contributed by atoms with Gasteiger partial charge in [0.15, 0.2) is 0 Å². The number of hydrogen-bond acceptors (Lipinski definition) is 3. The van der Waals surface area contributed by atoms with E-state index in [0.717, 1.165) is 38.5 Å². The van der Waals surface area contributed by atoms with Crippen LogP contribution in [0.3, 0.4) is 0 Å². The van der Waals surface area contributed by atoms with Gasteiger partial charge < -0.3 is 15.1 Å². The summed E-state index contributed by atoms with van der Waals surface area (Å²) in [7, 11) is 2.11. The Morgan fingerprint density at radius 2 is 1.72 bits per heavy atom. The van der Waals surface area contributed by atoms with E-state index in [-0.39, 0.29) is 5.91 Å². The zero-order valence-electron chi connectivity index (χ0n) is 12.4. The minimum atomic E-state index is 0.250. The molecule has 0 saturated carbocycles. The third-order valence-electron chi connectivity index (χ3n) is 3.63. The fraction of sp³-hybridized carbons (Fsp3) is 0.929. The van der Waals surface area contributed by atoms with Crippen LogP contribution in [0.25, 0.3) is 0 Å². The Kier molecular flexibility index (Phi) is 6.65. The monoisotopic (exact) mass is 255 g/mol. The highest BCUT2D eigenvalue weighted by molar-refractivity contribution is 5.78. The van der Waals surface area contributed by atoms with Crippen molar-refractivity contribution in [3.63, 3.8) is 0 Å². The van der Waals surface area contributed by atoms with Gasteiger partial charge in [-0.25, -0.2) is 0 Å². The van der Waals surface area contributed by atoms with Crippen molar-refractivity contribution < 1.29 is 4.79 Å². The number of piperazine rings is 1. The van der Waals surface area contributed by atoms with E-state index in [0.29, 0.717) is 12.6 Å². The lowest BCUT2D eigenvalue weighted by Crippen LogP contribution is -2.50. The first-order chi connectivity index (χ1) is 8.49. The van der Waals surface area contributed by atoms with Crippen LogP contribution in [-0.4, -0.2) is 61.5 Å². The van der Waals surface area contributed by atoms with Crippen LogP contribution in [0, 0.1) is 5.92 Å². The number of nitrogens with one attached hydrogen (secondary N) is 1. The summed E-state index contributed by atoms with van der Waals surface area (Å²) in [5.74, 6) is 0.988. The van der Waals surface area contributed by atoms with Crippen LogP contribution in [-0.2, 0) is 4.79 Å². The van der Waals surface area contributed by atoms with Crippen molar-refractivity contribution in [1.29, 1.82) is 0 Å². The Hall–Kier alpha value is -0.610. The van der Waals surface area contributed by atoms with Crippen LogP contribution in [0.5, 0.6) is 0 Å². The Morgan fingerprint density at radius 3 is 2.28 bits per heavy atom. The van der Waals surface area contributed by atoms with Gasteiger partial charge in [0.1, 0.15) is 0 Å². The third kappa shape index (κ3) is 5.83. The lowest BCUT2D eigenvalue weighted by atomic mass is 10.0. The molecule has 1 amide bonds. The maximum atomic E-state index is 12.0. The van der Waals surface area contributed by atoms with Gasteiger partial charge >= 0.3 is 0 Å². The second kappa shape index (κ2) is 7.74. The molecule has 106 valence electrons. The number of likely N-dealkylation sites (N-methyl/N-ethyl adjacent to an activating group) is 1. The number of carbonyl (C=O) groups excluding carboxylic acids is 1. The first-order valence-corrected chi connectivity index (χ1v) is 7.18. The van der Waals surface area contributed by atoms with Crippen LogP contribution in [0.4, 0.5) is 0 Å². The van der Waals surface area contributed by atoms with Gasteiger partial charge in [-0.15, -0.1) is 0 Å². The molecule has 1 atom stereocenters. The fourth-order valence-corrected chi connectivity index (χ4v) is 2.11. The lowest BCUT2D eigenvalue weighted by molar-refractivity contribution is -0.131. The Bertz CT molecular complexity index is 247. The molecule has 4 heteroatoms. The van der Waals surface area contributed by atoms with E-state index in [9.17, 15) is 4.79 Å². The van der Waals surface area contributed by atoms with Crippen molar-refractivity contribution in [2.24, 2.45) is 5.92 Å². The number of rotatable bonds is 6. The van der Waals surface area contributed by atoms with Gasteiger partial charge in [-0.3, -0.25) is 4.79 Å². The summed E-state index contributed by atoms with van der Waals surface area (Å²) in [5.41, 5.74) is 0. The molecule has 0 aliphatic carbocycles. The van der Waals surface area contributed by atoms with Crippen LogP contribution in [0.1, 0.15) is 33.6 Å². The van der Waals surface area contributed by atoms with Crippen molar-refractivity contribution in [3.8, 4) is 0 Å². The largest absolute Gasteiger partial charge is 0.339 e. The second-order valence-electron chi connectivity index (χ2n) is 5.94. The molecular formula is C14H29N3O. The number of nitrogens with zero attached hydrogens (tertiary/aromatic N) is 2. The molecule has 0 spiro atoms. The summed E-state index contributed by atoms with van der Waals surface area (Å²) < 4.78 is 0. The molecular weight excluding hydrogens is 226 g/mol. The van der Waals surface area contributed by atoms with E-state index in [1.165, 1.54) is 6.42 Å². The molecule has 0 bridgehead atoms. The zero-order chi connectivity index (χ0) is 13.5. The Labute approximate surface area is 112 Å². The molecule has 1 unspecified atom stereocenters. The molecule has 1 saturated heterocycles. The van der Waals surface area contributed by atoms with Crippen LogP contribution in [0.15, 0.2) is 0 Å². The van der Waals surface area contributed by atoms with Crippen LogP contribution in [0.2, 0.25) is 0 Å². The second-order valence-corrected chi connectivity index (χ2v) is 5.94. The first kappa shape index (κ1) is 15.4. The van der Waals surface area contributed by atoms with Crippen LogP contribution < -0.4 is 5.32 Å². The van der Waals surface area contributed by atoms with E-state index in [1.807, 2.05) is 4.90 Å². The van der Waals surface area contributed by atoms with Gasteiger partial charge in [0, 0.05) is 32.2 Å². The molecule has 1 heterocycles. The summed E-state index contributed by atoms with van der Waals surface area (Å²) in [5, 5.41) is 3.34. The quantitative estimate of drug-likeness (QED) is 0.774. The summed E-state index contributed by atoms with van der Waals surface area (Å²) in [6.07, 6.45) is 2.37. The first-order valence-electron chi connectivity index (χ1n) is 7.18. The van der Waals surface area contributed by atoms with E-state index in [1.54, 1.807) is 0 Å². The minimum Gasteiger partial charge on any atom is -0.339 e. The highest BCUT2D eigenvalue weighted by Gasteiger charge is 2.18. The predicted molar refractivity (Wildman–Crippen MR) is 75.6 cm³/mol. The molecule has 18 heavy (non-hydrogen) atoms. The summed E-state index contributed by atoms with van der Waals surface area (Å²) in [6.45, 7) is 10.9. The van der Waals surface area contributed by atoms with Gasteiger partial charge in [0.2, 0.25) is 5.91 Å². The zero-order valence-corrected chi connectivity index (χ0v) is 12.4. The smallest absolute Gasteiger partial charge is 0.236 e. The topological polar surface area (TPSA) is 35.6 Å². The van der Waals surface area contributed by atoms with Crippen molar-refractivity contribution in [2.75, 3.05) is 39.8 Å². The summed E-state index contributed by atoms with van der Waals surface area (Å²) >= 11 is 0. The highest BCUT2D eigenvalue weighted by atomic mass is 16.2. The molecule has 4 nitrogen and oxygen atoms in total. The molecule has 0 aromatic carbocycles. The third-order valence-corrected chi connectivity index (χ3v) is 3.63. The standard InChI is InChI=1S/C14H29N3O/c1-12(2)5-6-13(3)15-11-14(18)17-9-7-16(4)8-10-17/h12-13,15H,5-11H2,1-4H3. The van der Waals surface area contributed by atoms with E-state index in [4.69, 9.17) is 0 Å².